The van der Waals surface area contributed by atoms with Gasteiger partial charge in [-0.05, 0) is 19.8 Å². The van der Waals surface area contributed by atoms with E-state index in [2.05, 4.69) is 21.4 Å². The molecule has 8 heteroatoms. The van der Waals surface area contributed by atoms with Crippen molar-refractivity contribution in [3.63, 3.8) is 0 Å². The Kier molecular flexibility index (Phi) is 4.36. The second kappa shape index (κ2) is 6.81. The molecule has 1 fully saturated rings. The third-order valence-corrected chi connectivity index (χ3v) is 4.73. The standard InChI is InChI=1S/C18H21N5O3/c1-11(24)16-10-19-22-23(16)14-7-13(8-14)20-18(25)15-9-17(26-21-15)12-5-3-2-4-6-12/h2-6,9-11,13-14,19,22,24H,7-8H2,1H3,(H,20,25). The third-order valence-electron chi connectivity index (χ3n) is 4.73. The van der Waals surface area contributed by atoms with Gasteiger partial charge in [-0.1, -0.05) is 35.5 Å². The Morgan fingerprint density at radius 3 is 2.88 bits per heavy atom. The summed E-state index contributed by atoms with van der Waals surface area (Å²) < 4.78 is 5.28. The molecule has 1 aliphatic carbocycles. The number of aromatic nitrogens is 1. The average molecular weight is 355 g/mol. The SMILES string of the molecule is CC(O)C1=CNNN1C1CC(NC(=O)c2cc(-c3ccccc3)on2)C1. The number of carbonyl (C=O) groups is 1. The number of aliphatic hydroxyl groups excluding tert-OH is 1. The summed E-state index contributed by atoms with van der Waals surface area (Å²) in [5.41, 5.74) is 7.86. The van der Waals surface area contributed by atoms with Crippen LogP contribution in [0.5, 0.6) is 0 Å². The number of benzene rings is 1. The molecule has 2 aliphatic rings. The van der Waals surface area contributed by atoms with Crippen LogP contribution in [-0.2, 0) is 0 Å². The van der Waals surface area contributed by atoms with Crippen LogP contribution in [0.3, 0.4) is 0 Å². The highest BCUT2D eigenvalue weighted by molar-refractivity contribution is 5.93. The minimum absolute atomic E-state index is 0.0713. The minimum atomic E-state index is -0.558. The number of nitrogens with zero attached hydrogens (tertiary/aromatic N) is 2. The van der Waals surface area contributed by atoms with Crippen molar-refractivity contribution in [3.8, 4) is 11.3 Å². The molecule has 2 aromatic rings. The van der Waals surface area contributed by atoms with Gasteiger partial charge >= 0.3 is 0 Å². The Labute approximate surface area is 150 Å². The highest BCUT2D eigenvalue weighted by Gasteiger charge is 2.38. The predicted octanol–water partition coefficient (Wildman–Crippen LogP) is 1.15. The van der Waals surface area contributed by atoms with Crippen LogP contribution in [-0.4, -0.2) is 39.4 Å². The number of aliphatic hydroxyl groups is 1. The molecule has 1 aliphatic heterocycles. The van der Waals surface area contributed by atoms with Crippen LogP contribution >= 0.6 is 0 Å². The maximum Gasteiger partial charge on any atom is 0.273 e. The first kappa shape index (κ1) is 16.6. The van der Waals surface area contributed by atoms with Crippen molar-refractivity contribution in [2.75, 3.05) is 0 Å². The van der Waals surface area contributed by atoms with E-state index in [0.717, 1.165) is 24.1 Å². The summed E-state index contributed by atoms with van der Waals surface area (Å²) in [4.78, 5) is 12.4. The highest BCUT2D eigenvalue weighted by atomic mass is 16.5. The van der Waals surface area contributed by atoms with E-state index >= 15 is 0 Å². The first-order valence-electron chi connectivity index (χ1n) is 8.63. The summed E-state index contributed by atoms with van der Waals surface area (Å²) in [6.45, 7) is 1.72. The van der Waals surface area contributed by atoms with Crippen molar-refractivity contribution in [2.45, 2.75) is 38.0 Å². The smallest absolute Gasteiger partial charge is 0.273 e. The fourth-order valence-electron chi connectivity index (χ4n) is 3.23. The first-order chi connectivity index (χ1) is 12.6. The zero-order valence-electron chi connectivity index (χ0n) is 14.3. The van der Waals surface area contributed by atoms with Crippen LogP contribution in [0.2, 0.25) is 0 Å². The van der Waals surface area contributed by atoms with Gasteiger partial charge in [0.05, 0.1) is 17.8 Å². The lowest BCUT2D eigenvalue weighted by Gasteiger charge is -2.42. The van der Waals surface area contributed by atoms with Gasteiger partial charge in [0, 0.05) is 23.9 Å². The van der Waals surface area contributed by atoms with Gasteiger partial charge in [0.2, 0.25) is 0 Å². The van der Waals surface area contributed by atoms with Crippen LogP contribution in [0.15, 0.2) is 52.8 Å². The Balaban J connectivity index is 1.32. The number of carbonyl (C=O) groups excluding carboxylic acids is 1. The number of nitrogens with one attached hydrogen (secondary N) is 3. The summed E-state index contributed by atoms with van der Waals surface area (Å²) in [7, 11) is 0. The largest absolute Gasteiger partial charge is 0.387 e. The van der Waals surface area contributed by atoms with Crippen molar-refractivity contribution >= 4 is 5.91 Å². The van der Waals surface area contributed by atoms with E-state index in [4.69, 9.17) is 4.52 Å². The topological polar surface area (TPSA) is 103 Å². The van der Waals surface area contributed by atoms with E-state index in [-0.39, 0.29) is 23.7 Å². The molecule has 1 aromatic heterocycles. The highest BCUT2D eigenvalue weighted by Crippen LogP contribution is 2.29. The second-order valence-corrected chi connectivity index (χ2v) is 6.61. The molecule has 2 heterocycles. The Bertz CT molecular complexity index is 811. The molecule has 8 nitrogen and oxygen atoms in total. The van der Waals surface area contributed by atoms with Gasteiger partial charge in [-0.25, -0.2) is 0 Å². The molecule has 4 N–H and O–H groups in total. The van der Waals surface area contributed by atoms with Gasteiger partial charge in [0.25, 0.3) is 5.91 Å². The van der Waals surface area contributed by atoms with Crippen LogP contribution < -0.4 is 16.3 Å². The second-order valence-electron chi connectivity index (χ2n) is 6.61. The molecule has 4 rings (SSSR count). The van der Waals surface area contributed by atoms with E-state index in [1.807, 2.05) is 35.3 Å². The van der Waals surface area contributed by atoms with Crippen molar-refractivity contribution in [1.29, 1.82) is 0 Å². The molecule has 0 spiro atoms. The summed E-state index contributed by atoms with van der Waals surface area (Å²) in [5, 5.41) is 18.5. The van der Waals surface area contributed by atoms with E-state index in [0.29, 0.717) is 5.76 Å². The van der Waals surface area contributed by atoms with Crippen molar-refractivity contribution in [3.05, 3.63) is 54.0 Å². The third kappa shape index (κ3) is 3.16. The van der Waals surface area contributed by atoms with E-state index in [1.165, 1.54) is 0 Å². The van der Waals surface area contributed by atoms with E-state index in [9.17, 15) is 9.90 Å². The monoisotopic (exact) mass is 355 g/mol. The fourth-order valence-corrected chi connectivity index (χ4v) is 3.23. The lowest BCUT2D eigenvalue weighted by Crippen LogP contribution is -2.57. The van der Waals surface area contributed by atoms with Crippen LogP contribution in [0, 0.1) is 0 Å². The van der Waals surface area contributed by atoms with Crippen molar-refractivity contribution in [2.24, 2.45) is 0 Å². The normalized spacial score (nSPS) is 23.0. The van der Waals surface area contributed by atoms with E-state index in [1.54, 1.807) is 19.2 Å². The maximum absolute atomic E-state index is 12.4. The Morgan fingerprint density at radius 2 is 2.15 bits per heavy atom. The van der Waals surface area contributed by atoms with Gasteiger partial charge in [-0.3, -0.25) is 9.80 Å². The molecule has 1 unspecified atom stereocenters. The molecule has 0 saturated heterocycles. The van der Waals surface area contributed by atoms with Gasteiger partial charge in [-0.15, -0.1) is 5.53 Å². The summed E-state index contributed by atoms with van der Waals surface area (Å²) in [6.07, 6.45) is 2.76. The number of hydrazine groups is 2. The molecule has 1 aromatic carbocycles. The molecule has 0 radical (unpaired) electrons. The average Bonchev–Trinajstić information content (AvgIpc) is 3.27. The van der Waals surface area contributed by atoms with Crippen LogP contribution in [0.1, 0.15) is 30.3 Å². The van der Waals surface area contributed by atoms with Crippen molar-refractivity contribution < 1.29 is 14.4 Å². The number of hydrogen-bond acceptors (Lipinski definition) is 7. The summed E-state index contributed by atoms with van der Waals surface area (Å²) in [6, 6.07) is 11.5. The fraction of sp³-hybridized carbons (Fsp3) is 0.333. The molecule has 26 heavy (non-hydrogen) atoms. The lowest BCUT2D eigenvalue weighted by molar-refractivity contribution is 0.0545. The number of rotatable bonds is 5. The first-order valence-corrected chi connectivity index (χ1v) is 8.63. The van der Waals surface area contributed by atoms with Gasteiger partial charge in [-0.2, -0.15) is 0 Å². The maximum atomic E-state index is 12.4. The number of amides is 1. The van der Waals surface area contributed by atoms with Crippen LogP contribution in [0.4, 0.5) is 0 Å². The molecular formula is C18H21N5O3. The van der Waals surface area contributed by atoms with Crippen molar-refractivity contribution in [1.82, 2.24) is 26.4 Å². The van der Waals surface area contributed by atoms with Gasteiger partial charge < -0.3 is 20.4 Å². The molecule has 136 valence electrons. The quantitative estimate of drug-likeness (QED) is 0.638. The Hall–Kier alpha value is -2.84. The van der Waals surface area contributed by atoms with Gasteiger partial charge in [0.1, 0.15) is 0 Å². The summed E-state index contributed by atoms with van der Waals surface area (Å²) in [5.74, 6) is 0.333. The molecule has 1 atom stereocenters. The molecule has 0 bridgehead atoms. The van der Waals surface area contributed by atoms with E-state index < -0.39 is 6.10 Å². The molecule has 1 amide bonds. The Morgan fingerprint density at radius 1 is 1.38 bits per heavy atom. The zero-order chi connectivity index (χ0) is 18.1. The predicted molar refractivity (Wildman–Crippen MR) is 94.1 cm³/mol. The molecular weight excluding hydrogens is 334 g/mol. The molecule has 1 saturated carbocycles. The lowest BCUT2D eigenvalue weighted by atomic mass is 9.85. The summed E-state index contributed by atoms with van der Waals surface area (Å²) >= 11 is 0. The number of hydrogen-bond donors (Lipinski definition) is 4. The zero-order valence-corrected chi connectivity index (χ0v) is 14.3. The minimum Gasteiger partial charge on any atom is -0.387 e. The van der Waals surface area contributed by atoms with Gasteiger partial charge in [0.15, 0.2) is 11.5 Å². The van der Waals surface area contributed by atoms with Crippen LogP contribution in [0.25, 0.3) is 11.3 Å².